The SMILES string of the molecule is Cc1ccc(NC(=O)Nc2ccc(-c3ccc(C(=O)CC(CCc4ccccc4)C(=O)O)cc3)c(C)n2)cc1. The summed E-state index contributed by atoms with van der Waals surface area (Å²) in [5.41, 5.74) is 5.77. The summed E-state index contributed by atoms with van der Waals surface area (Å²) < 4.78 is 0. The number of nitrogens with one attached hydrogen (secondary N) is 2. The van der Waals surface area contributed by atoms with Crippen LogP contribution < -0.4 is 10.6 Å². The highest BCUT2D eigenvalue weighted by molar-refractivity contribution is 5.99. The molecule has 1 unspecified atom stereocenters. The largest absolute Gasteiger partial charge is 0.481 e. The number of aryl methyl sites for hydroxylation is 3. The molecular formula is C32H31N3O4. The average Bonchev–Trinajstić information content (AvgIpc) is 2.93. The van der Waals surface area contributed by atoms with E-state index < -0.39 is 11.9 Å². The van der Waals surface area contributed by atoms with Crippen molar-refractivity contribution in [3.05, 3.63) is 113 Å². The highest BCUT2D eigenvalue weighted by atomic mass is 16.4. The second-order valence-electron chi connectivity index (χ2n) is 9.54. The van der Waals surface area contributed by atoms with Crippen molar-refractivity contribution in [3.8, 4) is 11.1 Å². The van der Waals surface area contributed by atoms with Gasteiger partial charge in [-0.25, -0.2) is 9.78 Å². The summed E-state index contributed by atoms with van der Waals surface area (Å²) in [6.45, 7) is 3.83. The zero-order chi connectivity index (χ0) is 27.8. The van der Waals surface area contributed by atoms with Crippen LogP contribution in [0.4, 0.5) is 16.3 Å². The Morgan fingerprint density at radius 1 is 0.821 bits per heavy atom. The zero-order valence-corrected chi connectivity index (χ0v) is 22.0. The molecule has 2 amide bonds. The van der Waals surface area contributed by atoms with Crippen LogP contribution in [0.2, 0.25) is 0 Å². The number of aliphatic carboxylic acids is 1. The van der Waals surface area contributed by atoms with Gasteiger partial charge < -0.3 is 10.4 Å². The van der Waals surface area contributed by atoms with Crippen LogP contribution in [0, 0.1) is 19.8 Å². The van der Waals surface area contributed by atoms with E-state index in [1.165, 1.54) is 0 Å². The summed E-state index contributed by atoms with van der Waals surface area (Å²) in [4.78, 5) is 41.5. The van der Waals surface area contributed by atoms with Crippen LogP contribution in [0.3, 0.4) is 0 Å². The van der Waals surface area contributed by atoms with Gasteiger partial charge in [-0.2, -0.15) is 0 Å². The Bertz CT molecular complexity index is 1450. The van der Waals surface area contributed by atoms with Gasteiger partial charge in [0, 0.05) is 28.9 Å². The molecule has 1 atom stereocenters. The number of hydrogen-bond acceptors (Lipinski definition) is 4. The minimum Gasteiger partial charge on any atom is -0.481 e. The van der Waals surface area contributed by atoms with Crippen molar-refractivity contribution >= 4 is 29.3 Å². The van der Waals surface area contributed by atoms with E-state index in [-0.39, 0.29) is 18.2 Å². The standard InChI is InChI=1S/C32H31N3O4/c1-21-8-16-27(17-9-21)34-32(39)35-30-19-18-28(22(2)33-30)24-12-14-25(15-13-24)29(36)20-26(31(37)38)11-10-23-6-4-3-5-7-23/h3-9,12-19,26H,10-11,20H2,1-2H3,(H,37,38)(H2,33,34,35,39). The number of anilines is 2. The molecule has 7 nitrogen and oxygen atoms in total. The van der Waals surface area contributed by atoms with Crippen LogP contribution in [0.25, 0.3) is 11.1 Å². The monoisotopic (exact) mass is 521 g/mol. The fourth-order valence-corrected chi connectivity index (χ4v) is 4.33. The molecular weight excluding hydrogens is 490 g/mol. The maximum absolute atomic E-state index is 12.9. The normalized spacial score (nSPS) is 11.4. The number of carboxylic acid groups (broad SMARTS) is 1. The lowest BCUT2D eigenvalue weighted by atomic mass is 9.92. The van der Waals surface area contributed by atoms with Crippen LogP contribution >= 0.6 is 0 Å². The maximum Gasteiger partial charge on any atom is 0.324 e. The molecule has 4 aromatic rings. The third kappa shape index (κ3) is 7.61. The molecule has 7 heteroatoms. The number of pyridine rings is 1. The Kier molecular flexibility index (Phi) is 8.84. The van der Waals surface area contributed by atoms with Gasteiger partial charge in [-0.15, -0.1) is 0 Å². The molecule has 0 spiro atoms. The van der Waals surface area contributed by atoms with Gasteiger partial charge in [0.15, 0.2) is 5.78 Å². The Labute approximate surface area is 227 Å². The number of carbonyl (C=O) groups excluding carboxylic acids is 2. The number of carbonyl (C=O) groups is 3. The molecule has 39 heavy (non-hydrogen) atoms. The number of amides is 2. The second kappa shape index (κ2) is 12.6. The van der Waals surface area contributed by atoms with Gasteiger partial charge in [-0.3, -0.25) is 14.9 Å². The topological polar surface area (TPSA) is 108 Å². The van der Waals surface area contributed by atoms with E-state index in [9.17, 15) is 19.5 Å². The molecule has 0 aliphatic rings. The minimum absolute atomic E-state index is 0.0485. The van der Waals surface area contributed by atoms with E-state index in [0.717, 1.165) is 22.3 Å². The summed E-state index contributed by atoms with van der Waals surface area (Å²) in [5.74, 6) is -1.48. The highest BCUT2D eigenvalue weighted by Crippen LogP contribution is 2.25. The van der Waals surface area contributed by atoms with E-state index in [2.05, 4.69) is 15.6 Å². The van der Waals surface area contributed by atoms with Gasteiger partial charge in [0.25, 0.3) is 0 Å². The van der Waals surface area contributed by atoms with Crippen LogP contribution in [0.15, 0.2) is 91.0 Å². The van der Waals surface area contributed by atoms with Gasteiger partial charge in [-0.1, -0.05) is 72.3 Å². The molecule has 0 radical (unpaired) electrons. The predicted octanol–water partition coefficient (Wildman–Crippen LogP) is 6.92. The minimum atomic E-state index is -0.959. The molecule has 3 aromatic carbocycles. The number of aromatic nitrogens is 1. The Hall–Kier alpha value is -4.78. The maximum atomic E-state index is 12.9. The molecule has 4 rings (SSSR count). The van der Waals surface area contributed by atoms with Gasteiger partial charge in [0.1, 0.15) is 5.82 Å². The fourth-order valence-electron chi connectivity index (χ4n) is 4.33. The quantitative estimate of drug-likeness (QED) is 0.196. The molecule has 198 valence electrons. The molecule has 0 saturated carbocycles. The van der Waals surface area contributed by atoms with Crippen LogP contribution in [0.1, 0.15) is 40.0 Å². The molecule has 1 aromatic heterocycles. The fraction of sp³-hybridized carbons (Fsp3) is 0.188. The van der Waals surface area contributed by atoms with Gasteiger partial charge in [0.05, 0.1) is 5.92 Å². The van der Waals surface area contributed by atoms with E-state index in [1.807, 2.05) is 86.6 Å². The number of Topliss-reactive ketones (excluding diaryl/α,β-unsaturated/α-hetero) is 1. The van der Waals surface area contributed by atoms with E-state index >= 15 is 0 Å². The third-order valence-electron chi connectivity index (χ3n) is 6.56. The molecule has 0 bridgehead atoms. The smallest absolute Gasteiger partial charge is 0.324 e. The summed E-state index contributed by atoms with van der Waals surface area (Å²) in [5, 5.41) is 15.2. The second-order valence-corrected chi connectivity index (χ2v) is 9.54. The van der Waals surface area contributed by atoms with E-state index in [1.54, 1.807) is 18.2 Å². The molecule has 3 N–H and O–H groups in total. The van der Waals surface area contributed by atoms with Gasteiger partial charge >= 0.3 is 12.0 Å². The third-order valence-corrected chi connectivity index (χ3v) is 6.56. The average molecular weight is 522 g/mol. The van der Waals surface area contributed by atoms with Crippen molar-refractivity contribution in [1.29, 1.82) is 0 Å². The lowest BCUT2D eigenvalue weighted by Gasteiger charge is -2.13. The Morgan fingerprint density at radius 3 is 2.15 bits per heavy atom. The summed E-state index contributed by atoms with van der Waals surface area (Å²) in [6, 6.07) is 27.5. The van der Waals surface area contributed by atoms with Crippen molar-refractivity contribution in [1.82, 2.24) is 4.98 Å². The molecule has 0 fully saturated rings. The van der Waals surface area contributed by atoms with E-state index in [0.29, 0.717) is 35.6 Å². The van der Waals surface area contributed by atoms with E-state index in [4.69, 9.17) is 0 Å². The number of urea groups is 1. The van der Waals surface area contributed by atoms with Crippen molar-refractivity contribution < 1.29 is 19.5 Å². The lowest BCUT2D eigenvalue weighted by molar-refractivity contribution is -0.141. The summed E-state index contributed by atoms with van der Waals surface area (Å²) in [7, 11) is 0. The highest BCUT2D eigenvalue weighted by Gasteiger charge is 2.22. The Balaban J connectivity index is 1.36. The molecule has 0 aliphatic heterocycles. The molecule has 1 heterocycles. The molecule has 0 saturated heterocycles. The first-order valence-corrected chi connectivity index (χ1v) is 12.8. The predicted molar refractivity (Wildman–Crippen MR) is 153 cm³/mol. The molecule has 0 aliphatic carbocycles. The first-order valence-electron chi connectivity index (χ1n) is 12.8. The lowest BCUT2D eigenvalue weighted by Crippen LogP contribution is -2.20. The van der Waals surface area contributed by atoms with Crippen LogP contribution in [0.5, 0.6) is 0 Å². The van der Waals surface area contributed by atoms with Crippen LogP contribution in [-0.4, -0.2) is 27.9 Å². The van der Waals surface area contributed by atoms with Gasteiger partial charge in [-0.05, 0) is 62.1 Å². The van der Waals surface area contributed by atoms with Crippen molar-refractivity contribution in [2.45, 2.75) is 33.1 Å². The number of rotatable bonds is 10. The Morgan fingerprint density at radius 2 is 1.51 bits per heavy atom. The number of carboxylic acids is 1. The first-order chi connectivity index (χ1) is 18.8. The first kappa shape index (κ1) is 27.3. The number of benzene rings is 3. The number of hydrogen-bond donors (Lipinski definition) is 3. The summed E-state index contributed by atoms with van der Waals surface area (Å²) >= 11 is 0. The van der Waals surface area contributed by atoms with Crippen LogP contribution in [-0.2, 0) is 11.2 Å². The van der Waals surface area contributed by atoms with Crippen molar-refractivity contribution in [3.63, 3.8) is 0 Å². The van der Waals surface area contributed by atoms with Crippen molar-refractivity contribution in [2.75, 3.05) is 10.6 Å². The number of nitrogens with zero attached hydrogens (tertiary/aromatic N) is 1. The van der Waals surface area contributed by atoms with Crippen molar-refractivity contribution in [2.24, 2.45) is 5.92 Å². The van der Waals surface area contributed by atoms with Gasteiger partial charge in [0.2, 0.25) is 0 Å². The zero-order valence-electron chi connectivity index (χ0n) is 22.0. The summed E-state index contributed by atoms with van der Waals surface area (Å²) in [6.07, 6.45) is 0.958. The number of ketones is 1.